The number of Topliss-reactive ketones (excluding diaryl/α,β-unsaturated/α-hetero) is 1. The van der Waals surface area contributed by atoms with E-state index in [1.807, 2.05) is 20.8 Å². The van der Waals surface area contributed by atoms with Crippen molar-refractivity contribution in [1.82, 2.24) is 19.5 Å². The molecule has 0 saturated carbocycles. The molecule has 3 atom stereocenters. The highest BCUT2D eigenvalue weighted by atomic mass is 32.2. The quantitative estimate of drug-likeness (QED) is 0.643. The fourth-order valence-corrected chi connectivity index (χ4v) is 6.85. The van der Waals surface area contributed by atoms with Gasteiger partial charge in [0.25, 0.3) is 5.91 Å². The smallest absolute Gasteiger partial charge is 0.252 e. The van der Waals surface area contributed by atoms with Gasteiger partial charge in [-0.05, 0) is 41.8 Å². The SMILES string of the molecule is CC(C)(C)CC(NC(=O)c1ccsc1)C(=O)N1CCC2C1C(=O)CN2S(=O)(=O)c1cccnc1. The molecule has 2 aliphatic heterocycles. The third-order valence-electron chi connectivity index (χ3n) is 6.10. The summed E-state index contributed by atoms with van der Waals surface area (Å²) < 4.78 is 27.5. The predicted octanol–water partition coefficient (Wildman–Crippen LogP) is 1.92. The van der Waals surface area contributed by atoms with E-state index in [9.17, 15) is 22.8 Å². The predicted molar refractivity (Wildman–Crippen MR) is 127 cm³/mol. The second-order valence-corrected chi connectivity index (χ2v) is 12.5. The van der Waals surface area contributed by atoms with E-state index >= 15 is 0 Å². The number of pyridine rings is 1. The molecule has 11 heteroatoms. The Bertz CT molecular complexity index is 1180. The molecule has 2 fully saturated rings. The molecule has 0 spiro atoms. The van der Waals surface area contributed by atoms with Gasteiger partial charge in [-0.2, -0.15) is 15.6 Å². The molecule has 2 aromatic rings. The molecule has 3 unspecified atom stereocenters. The van der Waals surface area contributed by atoms with Gasteiger partial charge < -0.3 is 10.2 Å². The van der Waals surface area contributed by atoms with Gasteiger partial charge in [0.1, 0.15) is 17.0 Å². The van der Waals surface area contributed by atoms with E-state index in [0.717, 1.165) is 0 Å². The Balaban J connectivity index is 1.57. The largest absolute Gasteiger partial charge is 0.340 e. The number of carbonyl (C=O) groups excluding carboxylic acids is 3. The van der Waals surface area contributed by atoms with Crippen LogP contribution in [0.15, 0.2) is 46.2 Å². The minimum atomic E-state index is -3.93. The van der Waals surface area contributed by atoms with Crippen LogP contribution in [0.2, 0.25) is 0 Å². The summed E-state index contributed by atoms with van der Waals surface area (Å²) in [7, 11) is -3.93. The number of fused-ring (bicyclic) bond motifs is 1. The van der Waals surface area contributed by atoms with E-state index < -0.39 is 28.1 Å². The summed E-state index contributed by atoms with van der Waals surface area (Å²) in [5.74, 6) is -1.03. The molecule has 34 heavy (non-hydrogen) atoms. The first-order valence-electron chi connectivity index (χ1n) is 11.1. The Morgan fingerprint density at radius 1 is 1.29 bits per heavy atom. The summed E-state index contributed by atoms with van der Waals surface area (Å²) in [6.07, 6.45) is 3.46. The number of thiophene rings is 1. The first-order chi connectivity index (χ1) is 16.0. The van der Waals surface area contributed by atoms with E-state index in [1.54, 1.807) is 16.8 Å². The Kier molecular flexibility index (Phi) is 6.63. The minimum Gasteiger partial charge on any atom is -0.340 e. The second kappa shape index (κ2) is 9.20. The number of amides is 2. The molecule has 2 saturated heterocycles. The van der Waals surface area contributed by atoms with Crippen LogP contribution < -0.4 is 5.32 Å². The number of ketones is 1. The summed E-state index contributed by atoms with van der Waals surface area (Å²) in [5.41, 5.74) is 0.207. The van der Waals surface area contributed by atoms with Gasteiger partial charge in [-0.3, -0.25) is 19.4 Å². The molecular weight excluding hydrogens is 476 g/mol. The summed E-state index contributed by atoms with van der Waals surface area (Å²) in [4.78, 5) is 44.7. The highest BCUT2D eigenvalue weighted by molar-refractivity contribution is 7.89. The van der Waals surface area contributed by atoms with Crippen LogP contribution in [0, 0.1) is 5.41 Å². The highest BCUT2D eigenvalue weighted by Gasteiger charge is 2.54. The number of sulfonamides is 1. The van der Waals surface area contributed by atoms with Gasteiger partial charge in [0.2, 0.25) is 15.9 Å². The van der Waals surface area contributed by atoms with Gasteiger partial charge in [0, 0.05) is 24.3 Å². The van der Waals surface area contributed by atoms with Crippen LogP contribution >= 0.6 is 11.3 Å². The molecule has 4 rings (SSSR count). The van der Waals surface area contributed by atoms with E-state index in [1.165, 1.54) is 45.1 Å². The van der Waals surface area contributed by atoms with Crippen molar-refractivity contribution in [2.75, 3.05) is 13.1 Å². The van der Waals surface area contributed by atoms with Crippen molar-refractivity contribution in [3.63, 3.8) is 0 Å². The van der Waals surface area contributed by atoms with Crippen molar-refractivity contribution in [3.05, 3.63) is 46.9 Å². The summed E-state index contributed by atoms with van der Waals surface area (Å²) in [6.45, 7) is 5.87. The number of aromatic nitrogens is 1. The van der Waals surface area contributed by atoms with E-state index in [-0.39, 0.29) is 41.0 Å². The number of nitrogens with zero attached hydrogens (tertiary/aromatic N) is 3. The number of rotatable bonds is 6. The Morgan fingerprint density at radius 3 is 2.68 bits per heavy atom. The van der Waals surface area contributed by atoms with Crippen molar-refractivity contribution in [1.29, 1.82) is 0 Å². The number of likely N-dealkylation sites (tertiary alicyclic amines) is 1. The Hall–Kier alpha value is -2.63. The standard InChI is InChI=1S/C23H28N4O5S2/c1-23(2,3)11-17(25-21(29)15-7-10-33-14-15)22(30)26-9-6-18-20(26)19(28)13-27(18)34(31,32)16-5-4-8-24-12-16/h4-5,7-8,10,12,14,17-18,20H,6,9,11,13H2,1-3H3,(H,25,29). The maximum absolute atomic E-state index is 13.6. The van der Waals surface area contributed by atoms with Crippen LogP contribution in [0.1, 0.15) is 44.0 Å². The zero-order valence-electron chi connectivity index (χ0n) is 19.3. The Labute approximate surface area is 203 Å². The lowest BCUT2D eigenvalue weighted by Crippen LogP contribution is -2.53. The van der Waals surface area contributed by atoms with Crippen molar-refractivity contribution >= 4 is 39.0 Å². The average molecular weight is 505 g/mol. The lowest BCUT2D eigenvalue weighted by molar-refractivity contribution is -0.138. The molecule has 0 radical (unpaired) electrons. The minimum absolute atomic E-state index is 0.0156. The Morgan fingerprint density at radius 2 is 2.06 bits per heavy atom. The average Bonchev–Trinajstić information content (AvgIpc) is 3.51. The lowest BCUT2D eigenvalue weighted by atomic mass is 9.87. The number of nitrogens with one attached hydrogen (secondary N) is 1. The summed E-state index contributed by atoms with van der Waals surface area (Å²) in [5, 5.41) is 6.34. The molecule has 2 aromatic heterocycles. The zero-order valence-corrected chi connectivity index (χ0v) is 20.9. The first-order valence-corrected chi connectivity index (χ1v) is 13.5. The number of hydrogen-bond donors (Lipinski definition) is 1. The molecular formula is C23H28N4O5S2. The van der Waals surface area contributed by atoms with Crippen LogP contribution in [0.4, 0.5) is 0 Å². The molecule has 9 nitrogen and oxygen atoms in total. The topological polar surface area (TPSA) is 117 Å². The van der Waals surface area contributed by atoms with Gasteiger partial charge >= 0.3 is 0 Å². The van der Waals surface area contributed by atoms with Gasteiger partial charge in [-0.15, -0.1) is 0 Å². The normalized spacial score (nSPS) is 22.0. The van der Waals surface area contributed by atoms with Crippen molar-refractivity contribution < 1.29 is 22.8 Å². The molecule has 2 aliphatic rings. The van der Waals surface area contributed by atoms with Gasteiger partial charge in [0.05, 0.1) is 18.2 Å². The summed E-state index contributed by atoms with van der Waals surface area (Å²) >= 11 is 1.39. The maximum atomic E-state index is 13.6. The molecule has 0 aliphatic carbocycles. The van der Waals surface area contributed by atoms with Crippen LogP contribution in [-0.2, 0) is 19.6 Å². The van der Waals surface area contributed by atoms with Crippen LogP contribution in [0.25, 0.3) is 0 Å². The third-order valence-corrected chi connectivity index (χ3v) is 8.64. The van der Waals surface area contributed by atoms with E-state index in [2.05, 4.69) is 10.3 Å². The lowest BCUT2D eigenvalue weighted by Gasteiger charge is -2.31. The molecule has 1 N–H and O–H groups in total. The van der Waals surface area contributed by atoms with Crippen LogP contribution in [0.3, 0.4) is 0 Å². The monoisotopic (exact) mass is 504 g/mol. The van der Waals surface area contributed by atoms with Crippen molar-refractivity contribution in [2.24, 2.45) is 5.41 Å². The first kappa shape index (κ1) is 24.5. The zero-order chi connectivity index (χ0) is 24.7. The van der Waals surface area contributed by atoms with Gasteiger partial charge in [0.15, 0.2) is 5.78 Å². The fourth-order valence-electron chi connectivity index (χ4n) is 4.62. The van der Waals surface area contributed by atoms with E-state index in [4.69, 9.17) is 0 Å². The number of hydrogen-bond acceptors (Lipinski definition) is 7. The summed E-state index contributed by atoms with van der Waals surface area (Å²) in [6, 6.07) is 2.33. The van der Waals surface area contributed by atoms with Crippen molar-refractivity contribution in [2.45, 2.75) is 56.6 Å². The van der Waals surface area contributed by atoms with Gasteiger partial charge in [-0.1, -0.05) is 20.8 Å². The molecule has 4 heterocycles. The van der Waals surface area contributed by atoms with Crippen molar-refractivity contribution in [3.8, 4) is 0 Å². The van der Waals surface area contributed by atoms with E-state index in [0.29, 0.717) is 18.4 Å². The molecule has 182 valence electrons. The maximum Gasteiger partial charge on any atom is 0.252 e. The number of carbonyl (C=O) groups is 3. The third kappa shape index (κ3) is 4.77. The molecule has 0 bridgehead atoms. The van der Waals surface area contributed by atoms with Crippen LogP contribution in [0.5, 0.6) is 0 Å². The second-order valence-electron chi connectivity index (χ2n) is 9.84. The molecule has 2 amide bonds. The van der Waals surface area contributed by atoms with Crippen LogP contribution in [-0.4, -0.2) is 71.4 Å². The fraction of sp³-hybridized carbons (Fsp3) is 0.478. The van der Waals surface area contributed by atoms with Gasteiger partial charge in [-0.25, -0.2) is 8.42 Å². The molecule has 0 aromatic carbocycles. The highest BCUT2D eigenvalue weighted by Crippen LogP contribution is 2.35.